The van der Waals surface area contributed by atoms with Crippen molar-refractivity contribution in [2.24, 2.45) is 0 Å². The Morgan fingerprint density at radius 3 is 3.00 bits per heavy atom. The standard InChI is InChI=1S/C15H18ClFIN3/c1-2-20-5-3-4-10(20)9-21-14-6-11(17)12(18)7-13(14)19-15(21)8-16/h6-7,10H,2-5,8-9H2,1H3. The first kappa shape index (κ1) is 15.5. The van der Waals surface area contributed by atoms with E-state index < -0.39 is 0 Å². The molecule has 0 spiro atoms. The molecule has 1 fully saturated rings. The van der Waals surface area contributed by atoms with Crippen molar-refractivity contribution in [1.29, 1.82) is 0 Å². The van der Waals surface area contributed by atoms with Crippen LogP contribution < -0.4 is 0 Å². The molecule has 0 bridgehead atoms. The van der Waals surface area contributed by atoms with Crippen LogP contribution in [0.2, 0.25) is 0 Å². The van der Waals surface area contributed by atoms with E-state index in [1.807, 2.05) is 22.6 Å². The molecule has 1 aliphatic rings. The highest BCUT2D eigenvalue weighted by molar-refractivity contribution is 14.1. The van der Waals surface area contributed by atoms with Gasteiger partial charge in [-0.25, -0.2) is 9.37 Å². The number of hydrogen-bond acceptors (Lipinski definition) is 2. The first-order valence-corrected chi connectivity index (χ1v) is 8.89. The summed E-state index contributed by atoms with van der Waals surface area (Å²) in [6, 6.07) is 3.88. The molecule has 0 N–H and O–H groups in total. The minimum Gasteiger partial charge on any atom is -0.325 e. The van der Waals surface area contributed by atoms with Crippen molar-refractivity contribution in [2.45, 2.75) is 38.2 Å². The van der Waals surface area contributed by atoms with Crippen molar-refractivity contribution in [3.8, 4) is 0 Å². The van der Waals surface area contributed by atoms with Crippen LogP contribution in [0, 0.1) is 9.39 Å². The highest BCUT2D eigenvalue weighted by Crippen LogP contribution is 2.26. The molecule has 1 aromatic carbocycles. The SMILES string of the molecule is CCN1CCCC1Cn1c(CCl)nc2cc(I)c(F)cc21. The van der Waals surface area contributed by atoms with E-state index in [4.69, 9.17) is 11.6 Å². The van der Waals surface area contributed by atoms with Gasteiger partial charge in [0.1, 0.15) is 11.6 Å². The lowest BCUT2D eigenvalue weighted by Crippen LogP contribution is -2.33. The molecule has 1 saturated heterocycles. The predicted molar refractivity (Wildman–Crippen MR) is 92.2 cm³/mol. The largest absolute Gasteiger partial charge is 0.325 e. The first-order valence-electron chi connectivity index (χ1n) is 7.28. The van der Waals surface area contributed by atoms with Crippen LogP contribution in [0.1, 0.15) is 25.6 Å². The van der Waals surface area contributed by atoms with E-state index in [9.17, 15) is 4.39 Å². The van der Waals surface area contributed by atoms with Crippen LogP contribution in [0.15, 0.2) is 12.1 Å². The molecule has 1 aliphatic heterocycles. The number of halogens is 3. The lowest BCUT2D eigenvalue weighted by Gasteiger charge is -2.24. The summed E-state index contributed by atoms with van der Waals surface area (Å²) in [5.41, 5.74) is 1.68. The normalized spacial score (nSPS) is 19.7. The fourth-order valence-electron chi connectivity index (χ4n) is 3.20. The molecule has 1 aromatic heterocycles. The van der Waals surface area contributed by atoms with E-state index in [0.29, 0.717) is 15.5 Å². The maximum Gasteiger partial charge on any atom is 0.138 e. The molecule has 0 saturated carbocycles. The molecule has 3 nitrogen and oxygen atoms in total. The monoisotopic (exact) mass is 421 g/mol. The Labute approximate surface area is 142 Å². The molecule has 21 heavy (non-hydrogen) atoms. The van der Waals surface area contributed by atoms with Crippen LogP contribution in [-0.2, 0) is 12.4 Å². The Balaban J connectivity index is 2.01. The summed E-state index contributed by atoms with van der Waals surface area (Å²) in [6.45, 7) is 5.23. The quantitative estimate of drug-likeness (QED) is 0.549. The molecule has 114 valence electrons. The molecule has 1 unspecified atom stereocenters. The highest BCUT2D eigenvalue weighted by atomic mass is 127. The van der Waals surface area contributed by atoms with Gasteiger partial charge in [-0.05, 0) is 54.6 Å². The Kier molecular flexibility index (Phi) is 4.71. The van der Waals surface area contributed by atoms with Crippen LogP contribution in [0.4, 0.5) is 4.39 Å². The summed E-state index contributed by atoms with van der Waals surface area (Å²) in [5, 5.41) is 0. The van der Waals surface area contributed by atoms with Crippen molar-refractivity contribution in [2.75, 3.05) is 13.1 Å². The van der Waals surface area contributed by atoms with Crippen LogP contribution in [0.3, 0.4) is 0 Å². The van der Waals surface area contributed by atoms with Gasteiger partial charge < -0.3 is 4.57 Å². The zero-order chi connectivity index (χ0) is 15.0. The summed E-state index contributed by atoms with van der Waals surface area (Å²) in [5.74, 6) is 0.992. The van der Waals surface area contributed by atoms with Crippen molar-refractivity contribution < 1.29 is 4.39 Å². The minimum absolute atomic E-state index is 0.191. The Bertz CT molecular complexity index is 658. The van der Waals surface area contributed by atoms with E-state index in [1.165, 1.54) is 12.8 Å². The smallest absolute Gasteiger partial charge is 0.138 e. The molecule has 0 aliphatic carbocycles. The number of fused-ring (bicyclic) bond motifs is 1. The number of rotatable bonds is 4. The number of nitrogens with zero attached hydrogens (tertiary/aromatic N) is 3. The summed E-state index contributed by atoms with van der Waals surface area (Å²) < 4.78 is 16.6. The molecular formula is C15H18ClFIN3. The topological polar surface area (TPSA) is 21.1 Å². The van der Waals surface area contributed by atoms with E-state index in [-0.39, 0.29) is 5.82 Å². The fraction of sp³-hybridized carbons (Fsp3) is 0.533. The molecule has 6 heteroatoms. The second kappa shape index (κ2) is 6.38. The van der Waals surface area contributed by atoms with E-state index >= 15 is 0 Å². The summed E-state index contributed by atoms with van der Waals surface area (Å²) in [6.07, 6.45) is 2.41. The average Bonchev–Trinajstić information content (AvgIpc) is 3.05. The van der Waals surface area contributed by atoms with E-state index in [1.54, 1.807) is 12.1 Å². The third kappa shape index (κ3) is 2.92. The van der Waals surface area contributed by atoms with Crippen LogP contribution in [-0.4, -0.2) is 33.6 Å². The van der Waals surface area contributed by atoms with Crippen LogP contribution in [0.25, 0.3) is 11.0 Å². The maximum absolute atomic E-state index is 13.9. The number of alkyl halides is 1. The molecule has 2 heterocycles. The molecule has 0 radical (unpaired) electrons. The van der Waals surface area contributed by atoms with Crippen molar-refractivity contribution >= 4 is 45.2 Å². The fourth-order valence-corrected chi connectivity index (χ4v) is 3.86. The van der Waals surface area contributed by atoms with E-state index in [0.717, 1.165) is 36.5 Å². The molecule has 3 rings (SSSR count). The zero-order valence-corrected chi connectivity index (χ0v) is 14.9. The van der Waals surface area contributed by atoms with Gasteiger partial charge in [0, 0.05) is 18.7 Å². The number of likely N-dealkylation sites (tertiary alicyclic amines) is 1. The van der Waals surface area contributed by atoms with Gasteiger partial charge in [-0.15, -0.1) is 11.6 Å². The van der Waals surface area contributed by atoms with Gasteiger partial charge in [0.25, 0.3) is 0 Å². The zero-order valence-electron chi connectivity index (χ0n) is 12.0. The number of aromatic nitrogens is 2. The van der Waals surface area contributed by atoms with Gasteiger partial charge in [0.2, 0.25) is 0 Å². The van der Waals surface area contributed by atoms with Gasteiger partial charge >= 0.3 is 0 Å². The highest BCUT2D eigenvalue weighted by Gasteiger charge is 2.25. The van der Waals surface area contributed by atoms with Gasteiger partial charge in [-0.2, -0.15) is 0 Å². The van der Waals surface area contributed by atoms with Gasteiger partial charge in [0.05, 0.1) is 20.5 Å². The number of benzene rings is 1. The second-order valence-corrected chi connectivity index (χ2v) is 6.88. The first-order chi connectivity index (χ1) is 10.1. The molecular weight excluding hydrogens is 404 g/mol. The number of likely N-dealkylation sites (N-methyl/N-ethyl adjacent to an activating group) is 1. The number of hydrogen-bond donors (Lipinski definition) is 0. The second-order valence-electron chi connectivity index (χ2n) is 5.45. The summed E-state index contributed by atoms with van der Waals surface area (Å²) in [7, 11) is 0. The summed E-state index contributed by atoms with van der Waals surface area (Å²) in [4.78, 5) is 7.05. The third-order valence-electron chi connectivity index (χ3n) is 4.29. The lowest BCUT2D eigenvalue weighted by molar-refractivity contribution is 0.245. The number of imidazole rings is 1. The molecule has 0 amide bonds. The van der Waals surface area contributed by atoms with Gasteiger partial charge in [0.15, 0.2) is 0 Å². The summed E-state index contributed by atoms with van der Waals surface area (Å²) >= 11 is 8.05. The van der Waals surface area contributed by atoms with Crippen LogP contribution in [0.5, 0.6) is 0 Å². The van der Waals surface area contributed by atoms with Crippen LogP contribution >= 0.6 is 34.2 Å². The Hall–Kier alpha value is -0.400. The van der Waals surface area contributed by atoms with Gasteiger partial charge in [-0.3, -0.25) is 4.90 Å². The third-order valence-corrected chi connectivity index (χ3v) is 5.35. The maximum atomic E-state index is 13.9. The van der Waals surface area contributed by atoms with Crippen molar-refractivity contribution in [3.63, 3.8) is 0 Å². The molecule has 2 aromatic rings. The molecule has 1 atom stereocenters. The van der Waals surface area contributed by atoms with Crippen molar-refractivity contribution in [1.82, 2.24) is 14.5 Å². The van der Waals surface area contributed by atoms with Crippen molar-refractivity contribution in [3.05, 3.63) is 27.3 Å². The van der Waals surface area contributed by atoms with Gasteiger partial charge in [-0.1, -0.05) is 6.92 Å². The average molecular weight is 422 g/mol. The lowest BCUT2D eigenvalue weighted by atomic mass is 10.2. The van der Waals surface area contributed by atoms with E-state index in [2.05, 4.69) is 21.4 Å². The predicted octanol–water partition coefficient (Wildman–Crippen LogP) is 4.00. The Morgan fingerprint density at radius 1 is 1.48 bits per heavy atom. The minimum atomic E-state index is -0.191. The Morgan fingerprint density at radius 2 is 2.29 bits per heavy atom.